The van der Waals surface area contributed by atoms with Gasteiger partial charge in [0.05, 0.1) is 11.8 Å². The predicted molar refractivity (Wildman–Crippen MR) is 76.3 cm³/mol. The molecule has 0 saturated heterocycles. The summed E-state index contributed by atoms with van der Waals surface area (Å²) < 4.78 is 0. The molecule has 2 rings (SSSR count). The number of phenols is 2. The van der Waals surface area contributed by atoms with Crippen LogP contribution in [0.25, 0.3) is 0 Å². The van der Waals surface area contributed by atoms with Gasteiger partial charge in [-0.05, 0) is 30.3 Å². The summed E-state index contributed by atoms with van der Waals surface area (Å²) in [4.78, 5) is 11.8. The van der Waals surface area contributed by atoms with Gasteiger partial charge in [-0.3, -0.25) is 4.79 Å². The summed E-state index contributed by atoms with van der Waals surface area (Å²) in [5.41, 5.74) is 2.72. The zero-order chi connectivity index (χ0) is 14.5. The maximum Gasteiger partial charge on any atom is 0.275 e. The molecule has 0 atom stereocenters. The van der Waals surface area contributed by atoms with E-state index < -0.39 is 5.91 Å². The number of phenolic OH excluding ortho intramolecular Hbond substituents is 2. The molecule has 0 aliphatic heterocycles. The summed E-state index contributed by atoms with van der Waals surface area (Å²) in [6, 6.07) is 10.7. The van der Waals surface area contributed by atoms with Crippen LogP contribution in [-0.2, 0) is 0 Å². The molecular weight excluding hydrogens is 280 g/mol. The molecule has 2 aromatic rings. The van der Waals surface area contributed by atoms with Crippen molar-refractivity contribution in [3.05, 3.63) is 58.6 Å². The molecule has 0 saturated carbocycles. The molecule has 0 aliphatic rings. The lowest BCUT2D eigenvalue weighted by Crippen LogP contribution is -2.17. The van der Waals surface area contributed by atoms with E-state index in [0.29, 0.717) is 10.6 Å². The number of para-hydroxylation sites is 1. The lowest BCUT2D eigenvalue weighted by atomic mass is 10.2. The monoisotopic (exact) mass is 290 g/mol. The van der Waals surface area contributed by atoms with Gasteiger partial charge in [-0.25, -0.2) is 5.43 Å². The molecule has 0 fully saturated rings. The van der Waals surface area contributed by atoms with Gasteiger partial charge in [-0.2, -0.15) is 5.10 Å². The van der Waals surface area contributed by atoms with Crippen molar-refractivity contribution in [1.82, 2.24) is 5.43 Å². The summed E-state index contributed by atoms with van der Waals surface area (Å²) in [6.45, 7) is 0. The van der Waals surface area contributed by atoms with E-state index in [4.69, 9.17) is 11.6 Å². The molecule has 0 heterocycles. The van der Waals surface area contributed by atoms with Crippen LogP contribution in [0.2, 0.25) is 5.02 Å². The van der Waals surface area contributed by atoms with Crippen LogP contribution >= 0.6 is 11.6 Å². The van der Waals surface area contributed by atoms with Gasteiger partial charge in [0.1, 0.15) is 11.5 Å². The van der Waals surface area contributed by atoms with Gasteiger partial charge in [0, 0.05) is 10.6 Å². The topological polar surface area (TPSA) is 81.9 Å². The fourth-order valence-corrected chi connectivity index (χ4v) is 1.68. The number of rotatable bonds is 3. The quantitative estimate of drug-likeness (QED) is 0.600. The summed E-state index contributed by atoms with van der Waals surface area (Å²) in [7, 11) is 0. The highest BCUT2D eigenvalue weighted by Crippen LogP contribution is 2.21. The normalized spacial score (nSPS) is 10.7. The molecule has 3 N–H and O–H groups in total. The van der Waals surface area contributed by atoms with Crippen LogP contribution in [-0.4, -0.2) is 22.3 Å². The molecule has 0 aromatic heterocycles. The van der Waals surface area contributed by atoms with Crippen molar-refractivity contribution in [1.29, 1.82) is 0 Å². The van der Waals surface area contributed by atoms with Crippen molar-refractivity contribution < 1.29 is 15.0 Å². The second kappa shape index (κ2) is 6.08. The van der Waals surface area contributed by atoms with Gasteiger partial charge in [0.2, 0.25) is 0 Å². The molecule has 5 nitrogen and oxygen atoms in total. The van der Waals surface area contributed by atoms with Crippen LogP contribution in [0.3, 0.4) is 0 Å². The molecule has 20 heavy (non-hydrogen) atoms. The van der Waals surface area contributed by atoms with E-state index in [9.17, 15) is 15.0 Å². The number of carbonyl (C=O) groups is 1. The largest absolute Gasteiger partial charge is 0.507 e. The summed E-state index contributed by atoms with van der Waals surface area (Å²) in [5, 5.41) is 23.1. The Hall–Kier alpha value is -2.53. The van der Waals surface area contributed by atoms with Crippen molar-refractivity contribution in [3.8, 4) is 11.5 Å². The zero-order valence-electron chi connectivity index (χ0n) is 10.2. The smallest absolute Gasteiger partial charge is 0.275 e. The van der Waals surface area contributed by atoms with Gasteiger partial charge in [0.25, 0.3) is 5.91 Å². The van der Waals surface area contributed by atoms with Crippen LogP contribution in [0.15, 0.2) is 47.6 Å². The van der Waals surface area contributed by atoms with Gasteiger partial charge < -0.3 is 10.2 Å². The van der Waals surface area contributed by atoms with E-state index in [1.54, 1.807) is 18.2 Å². The van der Waals surface area contributed by atoms with Crippen molar-refractivity contribution in [2.24, 2.45) is 5.10 Å². The number of benzene rings is 2. The van der Waals surface area contributed by atoms with E-state index >= 15 is 0 Å². The third kappa shape index (κ3) is 3.27. The number of aromatic hydroxyl groups is 2. The molecule has 1 amide bonds. The minimum absolute atomic E-state index is 0.0203. The van der Waals surface area contributed by atoms with E-state index in [1.807, 2.05) is 0 Å². The second-order valence-electron chi connectivity index (χ2n) is 3.92. The summed E-state index contributed by atoms with van der Waals surface area (Å²) in [6.07, 6.45) is 1.30. The Labute approximate surface area is 120 Å². The predicted octanol–water partition coefficient (Wildman–Crippen LogP) is 2.52. The molecule has 102 valence electrons. The molecule has 0 unspecified atom stereocenters. The van der Waals surface area contributed by atoms with Crippen molar-refractivity contribution in [3.63, 3.8) is 0 Å². The standard InChI is InChI=1S/C14H11ClN2O3/c15-10-5-6-13(19)11(7-10)14(20)17-16-8-9-3-1-2-4-12(9)18/h1-8,18-19H,(H,17,20)/b16-8-. The average molecular weight is 291 g/mol. The Morgan fingerprint density at radius 1 is 1.15 bits per heavy atom. The average Bonchev–Trinajstić information content (AvgIpc) is 2.43. The van der Waals surface area contributed by atoms with Crippen molar-refractivity contribution in [2.45, 2.75) is 0 Å². The maximum absolute atomic E-state index is 11.8. The van der Waals surface area contributed by atoms with Gasteiger partial charge >= 0.3 is 0 Å². The van der Waals surface area contributed by atoms with Gasteiger partial charge in [-0.15, -0.1) is 0 Å². The van der Waals surface area contributed by atoms with Crippen LogP contribution in [0.4, 0.5) is 0 Å². The minimum atomic E-state index is -0.600. The van der Waals surface area contributed by atoms with Crippen molar-refractivity contribution in [2.75, 3.05) is 0 Å². The van der Waals surface area contributed by atoms with E-state index in [0.717, 1.165) is 0 Å². The molecule has 0 aliphatic carbocycles. The summed E-state index contributed by atoms with van der Waals surface area (Å²) in [5.74, 6) is -0.738. The first kappa shape index (κ1) is 13.9. The number of hydrazone groups is 1. The SMILES string of the molecule is O=C(N/N=C\c1ccccc1O)c1cc(Cl)ccc1O. The number of halogens is 1. The zero-order valence-corrected chi connectivity index (χ0v) is 11.0. The maximum atomic E-state index is 11.8. The third-order valence-corrected chi connectivity index (χ3v) is 2.74. The van der Waals surface area contributed by atoms with Gasteiger partial charge in [-0.1, -0.05) is 23.7 Å². The minimum Gasteiger partial charge on any atom is -0.507 e. The van der Waals surface area contributed by atoms with Gasteiger partial charge in [0.15, 0.2) is 0 Å². The molecular formula is C14H11ClN2O3. The molecule has 0 bridgehead atoms. The Kier molecular flexibility index (Phi) is 4.22. The Morgan fingerprint density at radius 2 is 1.90 bits per heavy atom. The first-order valence-corrected chi connectivity index (χ1v) is 6.05. The van der Waals surface area contributed by atoms with Crippen LogP contribution in [0.5, 0.6) is 11.5 Å². The second-order valence-corrected chi connectivity index (χ2v) is 4.36. The van der Waals surface area contributed by atoms with E-state index in [-0.39, 0.29) is 17.1 Å². The van der Waals surface area contributed by atoms with Crippen molar-refractivity contribution >= 4 is 23.7 Å². The molecule has 0 radical (unpaired) electrons. The van der Waals surface area contributed by atoms with E-state index in [2.05, 4.69) is 10.5 Å². The number of amides is 1. The number of nitrogens with one attached hydrogen (secondary N) is 1. The molecule has 2 aromatic carbocycles. The third-order valence-electron chi connectivity index (χ3n) is 2.51. The highest BCUT2D eigenvalue weighted by Gasteiger charge is 2.10. The molecule has 6 heteroatoms. The first-order valence-electron chi connectivity index (χ1n) is 5.68. The highest BCUT2D eigenvalue weighted by atomic mass is 35.5. The highest BCUT2D eigenvalue weighted by molar-refractivity contribution is 6.31. The Bertz CT molecular complexity index is 671. The molecule has 0 spiro atoms. The number of hydrogen-bond acceptors (Lipinski definition) is 4. The Morgan fingerprint density at radius 3 is 2.65 bits per heavy atom. The fourth-order valence-electron chi connectivity index (χ4n) is 1.51. The number of nitrogens with zero attached hydrogens (tertiary/aromatic N) is 1. The number of hydrogen-bond donors (Lipinski definition) is 3. The first-order chi connectivity index (χ1) is 9.58. The van der Waals surface area contributed by atoms with E-state index in [1.165, 1.54) is 30.5 Å². The lowest BCUT2D eigenvalue weighted by molar-refractivity contribution is 0.0952. The van der Waals surface area contributed by atoms with Crippen LogP contribution in [0.1, 0.15) is 15.9 Å². The van der Waals surface area contributed by atoms with Crippen LogP contribution in [0, 0.1) is 0 Å². The number of carbonyl (C=O) groups excluding carboxylic acids is 1. The van der Waals surface area contributed by atoms with Crippen LogP contribution < -0.4 is 5.43 Å². The fraction of sp³-hybridized carbons (Fsp3) is 0. The summed E-state index contributed by atoms with van der Waals surface area (Å²) >= 11 is 5.75. The lowest BCUT2D eigenvalue weighted by Gasteiger charge is -2.03. The Balaban J connectivity index is 2.09.